The Kier molecular flexibility index (Phi) is 5.81. The zero-order valence-electron chi connectivity index (χ0n) is 14.9. The summed E-state index contributed by atoms with van der Waals surface area (Å²) in [5.74, 6) is 0.0156. The van der Waals surface area contributed by atoms with E-state index in [0.717, 1.165) is 5.56 Å². The zero-order valence-corrected chi connectivity index (χ0v) is 15.8. The van der Waals surface area contributed by atoms with Gasteiger partial charge < -0.3 is 10.1 Å². The van der Waals surface area contributed by atoms with E-state index in [1.165, 1.54) is 55.9 Å². The summed E-state index contributed by atoms with van der Waals surface area (Å²) >= 11 is 0. The quantitative estimate of drug-likeness (QED) is 0.645. The van der Waals surface area contributed by atoms with Crippen molar-refractivity contribution in [3.05, 3.63) is 78.9 Å². The van der Waals surface area contributed by atoms with Gasteiger partial charge in [-0.1, -0.05) is 6.07 Å². The van der Waals surface area contributed by atoms with Gasteiger partial charge in [0.15, 0.2) is 0 Å². The highest BCUT2D eigenvalue weighted by Gasteiger charge is 2.18. The van der Waals surface area contributed by atoms with Crippen molar-refractivity contribution in [2.75, 3.05) is 12.4 Å². The SMILES string of the molecule is COc1cncc(S(=O)(=O)c2ccc(NC(=O)C=Cc3cccnc3)cc2)c1. The van der Waals surface area contributed by atoms with Crippen LogP contribution in [-0.4, -0.2) is 31.4 Å². The van der Waals surface area contributed by atoms with Gasteiger partial charge in [-0.25, -0.2) is 8.42 Å². The second-order valence-electron chi connectivity index (χ2n) is 5.70. The Morgan fingerprint density at radius 1 is 1.04 bits per heavy atom. The standard InChI is InChI=1S/C20H17N3O4S/c1-27-17-11-19(14-22-13-17)28(25,26)18-7-5-16(6-8-18)23-20(24)9-4-15-3-2-10-21-12-15/h2-14H,1H3,(H,23,24). The fraction of sp³-hybridized carbons (Fsp3) is 0.0500. The molecule has 1 N–H and O–H groups in total. The fourth-order valence-electron chi connectivity index (χ4n) is 2.34. The molecule has 2 heterocycles. The number of anilines is 1. The molecule has 0 aliphatic carbocycles. The maximum atomic E-state index is 12.7. The van der Waals surface area contributed by atoms with Gasteiger partial charge in [0.25, 0.3) is 0 Å². The molecule has 0 saturated heterocycles. The summed E-state index contributed by atoms with van der Waals surface area (Å²) in [6.45, 7) is 0. The Balaban J connectivity index is 1.72. The number of sulfone groups is 1. The molecule has 8 heteroatoms. The molecule has 2 aromatic heterocycles. The molecule has 0 aliphatic heterocycles. The highest BCUT2D eigenvalue weighted by Crippen LogP contribution is 2.24. The van der Waals surface area contributed by atoms with Gasteiger partial charge in [0.05, 0.1) is 23.1 Å². The van der Waals surface area contributed by atoms with Gasteiger partial charge in [-0.05, 0) is 42.0 Å². The first kappa shape index (κ1) is 19.2. The molecule has 1 aromatic carbocycles. The van der Waals surface area contributed by atoms with Crippen LogP contribution in [0, 0.1) is 0 Å². The van der Waals surface area contributed by atoms with E-state index in [2.05, 4.69) is 15.3 Å². The molecule has 0 spiro atoms. The first-order valence-electron chi connectivity index (χ1n) is 8.22. The molecule has 28 heavy (non-hydrogen) atoms. The van der Waals surface area contributed by atoms with E-state index < -0.39 is 9.84 Å². The Labute approximate surface area is 162 Å². The monoisotopic (exact) mass is 395 g/mol. The molecule has 3 rings (SSSR count). The van der Waals surface area contributed by atoms with E-state index >= 15 is 0 Å². The molecule has 1 amide bonds. The van der Waals surface area contributed by atoms with Crippen molar-refractivity contribution in [1.29, 1.82) is 0 Å². The number of amides is 1. The van der Waals surface area contributed by atoms with E-state index in [1.54, 1.807) is 24.5 Å². The average Bonchev–Trinajstić information content (AvgIpc) is 2.73. The van der Waals surface area contributed by atoms with Crippen LogP contribution in [0.5, 0.6) is 5.75 Å². The van der Waals surface area contributed by atoms with Crippen molar-refractivity contribution in [3.8, 4) is 5.75 Å². The number of hydrogen-bond donors (Lipinski definition) is 1. The Bertz CT molecular complexity index is 1100. The van der Waals surface area contributed by atoms with E-state index in [1.807, 2.05) is 6.07 Å². The summed E-state index contributed by atoms with van der Waals surface area (Å²) in [6, 6.07) is 10.9. The van der Waals surface area contributed by atoms with E-state index in [0.29, 0.717) is 11.4 Å². The second-order valence-corrected chi connectivity index (χ2v) is 7.65. The van der Waals surface area contributed by atoms with Gasteiger partial charge in [-0.15, -0.1) is 0 Å². The maximum Gasteiger partial charge on any atom is 0.248 e. The molecular weight excluding hydrogens is 378 g/mol. The van der Waals surface area contributed by atoms with Crippen molar-refractivity contribution in [2.24, 2.45) is 0 Å². The molecule has 142 valence electrons. The Morgan fingerprint density at radius 2 is 1.82 bits per heavy atom. The van der Waals surface area contributed by atoms with E-state index in [-0.39, 0.29) is 15.7 Å². The van der Waals surface area contributed by atoms with Gasteiger partial charge in [0.1, 0.15) is 5.75 Å². The van der Waals surface area contributed by atoms with Crippen molar-refractivity contribution in [3.63, 3.8) is 0 Å². The number of aromatic nitrogens is 2. The summed E-state index contributed by atoms with van der Waals surface area (Å²) in [5, 5.41) is 2.68. The van der Waals surface area contributed by atoms with Crippen LogP contribution in [0.2, 0.25) is 0 Å². The molecule has 0 aliphatic rings. The van der Waals surface area contributed by atoms with Crippen molar-refractivity contribution < 1.29 is 17.9 Å². The van der Waals surface area contributed by atoms with Crippen LogP contribution in [0.4, 0.5) is 5.69 Å². The summed E-state index contributed by atoms with van der Waals surface area (Å²) in [4.78, 5) is 20.0. The molecule has 0 saturated carbocycles. The maximum absolute atomic E-state index is 12.7. The lowest BCUT2D eigenvalue weighted by atomic mass is 10.2. The van der Waals surface area contributed by atoms with Gasteiger partial charge >= 0.3 is 0 Å². The van der Waals surface area contributed by atoms with Gasteiger partial charge in [0.2, 0.25) is 15.7 Å². The fourth-order valence-corrected chi connectivity index (χ4v) is 3.58. The highest BCUT2D eigenvalue weighted by atomic mass is 32.2. The van der Waals surface area contributed by atoms with Crippen LogP contribution in [0.1, 0.15) is 5.56 Å². The van der Waals surface area contributed by atoms with Crippen LogP contribution in [-0.2, 0) is 14.6 Å². The number of benzene rings is 1. The average molecular weight is 395 g/mol. The number of nitrogens with zero attached hydrogens (tertiary/aromatic N) is 2. The van der Waals surface area contributed by atoms with Crippen molar-refractivity contribution in [2.45, 2.75) is 9.79 Å². The third-order valence-corrected chi connectivity index (χ3v) is 5.51. The lowest BCUT2D eigenvalue weighted by Gasteiger charge is -2.07. The van der Waals surface area contributed by atoms with Crippen LogP contribution < -0.4 is 10.1 Å². The first-order valence-corrected chi connectivity index (χ1v) is 9.70. The minimum atomic E-state index is -3.74. The summed E-state index contributed by atoms with van der Waals surface area (Å²) in [5.41, 5.74) is 1.27. The van der Waals surface area contributed by atoms with Crippen LogP contribution in [0.3, 0.4) is 0 Å². The van der Waals surface area contributed by atoms with Crippen molar-refractivity contribution in [1.82, 2.24) is 9.97 Å². The minimum absolute atomic E-state index is 0.0306. The predicted octanol–water partition coefficient (Wildman–Crippen LogP) is 2.97. The number of hydrogen-bond acceptors (Lipinski definition) is 6. The Morgan fingerprint density at radius 3 is 2.50 bits per heavy atom. The topological polar surface area (TPSA) is 98.2 Å². The predicted molar refractivity (Wildman–Crippen MR) is 105 cm³/mol. The molecule has 0 atom stereocenters. The van der Waals surface area contributed by atoms with E-state index in [9.17, 15) is 13.2 Å². The summed E-state index contributed by atoms with van der Waals surface area (Å²) in [6.07, 6.45) is 8.99. The number of carbonyl (C=O) groups excluding carboxylic acids is 1. The largest absolute Gasteiger partial charge is 0.495 e. The van der Waals surface area contributed by atoms with E-state index in [4.69, 9.17) is 4.74 Å². The first-order chi connectivity index (χ1) is 13.5. The van der Waals surface area contributed by atoms with Gasteiger partial charge in [0, 0.05) is 36.4 Å². The third-order valence-electron chi connectivity index (χ3n) is 3.78. The van der Waals surface area contributed by atoms with Gasteiger partial charge in [-0.2, -0.15) is 0 Å². The van der Waals surface area contributed by atoms with Gasteiger partial charge in [-0.3, -0.25) is 14.8 Å². The van der Waals surface area contributed by atoms with Crippen molar-refractivity contribution >= 4 is 27.5 Å². The van der Waals surface area contributed by atoms with Crippen LogP contribution >= 0.6 is 0 Å². The molecular formula is C20H17N3O4S. The van der Waals surface area contributed by atoms with Crippen LogP contribution in [0.15, 0.2) is 83.1 Å². The molecule has 0 fully saturated rings. The molecule has 0 unspecified atom stereocenters. The molecule has 0 radical (unpaired) electrons. The highest BCUT2D eigenvalue weighted by molar-refractivity contribution is 7.91. The summed E-state index contributed by atoms with van der Waals surface area (Å²) < 4.78 is 30.4. The molecule has 3 aromatic rings. The smallest absolute Gasteiger partial charge is 0.248 e. The number of methoxy groups -OCH3 is 1. The normalized spacial score (nSPS) is 11.3. The Hall–Kier alpha value is -3.52. The molecule has 7 nitrogen and oxygen atoms in total. The number of ether oxygens (including phenoxy) is 1. The minimum Gasteiger partial charge on any atom is -0.495 e. The van der Waals surface area contributed by atoms with Crippen LogP contribution in [0.25, 0.3) is 6.08 Å². The number of pyridine rings is 2. The zero-order chi connectivity index (χ0) is 20.0. The number of carbonyl (C=O) groups is 1. The number of rotatable bonds is 6. The third kappa shape index (κ3) is 4.60. The summed E-state index contributed by atoms with van der Waals surface area (Å²) in [7, 11) is -2.30. The lowest BCUT2D eigenvalue weighted by molar-refractivity contribution is -0.111. The second kappa shape index (κ2) is 8.45. The lowest BCUT2D eigenvalue weighted by Crippen LogP contribution is -2.08. The molecule has 0 bridgehead atoms. The number of nitrogens with one attached hydrogen (secondary N) is 1.